The largest absolute Gasteiger partial charge is 0.490 e. The predicted octanol–water partition coefficient (Wildman–Crippen LogP) is 3.26. The number of carbonyl (C=O) groups excluding carboxylic acids is 1. The summed E-state index contributed by atoms with van der Waals surface area (Å²) in [6.45, 7) is 2.80. The van der Waals surface area contributed by atoms with Crippen LogP contribution in [0.25, 0.3) is 0 Å². The van der Waals surface area contributed by atoms with E-state index in [1.54, 1.807) is 18.2 Å². The minimum absolute atomic E-state index is 0. The number of ether oxygens (including phenoxy) is 3. The van der Waals surface area contributed by atoms with E-state index in [0.717, 1.165) is 5.56 Å². The number of halogens is 1. The van der Waals surface area contributed by atoms with E-state index in [0.29, 0.717) is 30.3 Å². The molecule has 0 spiro atoms. The molecule has 0 radical (unpaired) electrons. The second-order valence-electron chi connectivity index (χ2n) is 4.91. The van der Waals surface area contributed by atoms with Gasteiger partial charge in [-0.15, -0.1) is 12.4 Å². The topological polar surface area (TPSA) is 70.8 Å². The molecule has 0 bridgehead atoms. The van der Waals surface area contributed by atoms with E-state index in [1.807, 2.05) is 37.3 Å². The van der Waals surface area contributed by atoms with E-state index >= 15 is 0 Å². The molecular formula is C18H22ClNO4. The van der Waals surface area contributed by atoms with Crippen LogP contribution in [0, 0.1) is 0 Å². The monoisotopic (exact) mass is 351 g/mol. The van der Waals surface area contributed by atoms with Crippen molar-refractivity contribution in [3.63, 3.8) is 0 Å². The minimum Gasteiger partial charge on any atom is -0.490 e. The van der Waals surface area contributed by atoms with Crippen molar-refractivity contribution < 1.29 is 19.0 Å². The zero-order valence-corrected chi connectivity index (χ0v) is 14.5. The third-order valence-corrected chi connectivity index (χ3v) is 3.32. The summed E-state index contributed by atoms with van der Waals surface area (Å²) in [4.78, 5) is 11.6. The molecule has 2 aromatic rings. The van der Waals surface area contributed by atoms with Crippen molar-refractivity contribution in [3.05, 3.63) is 59.7 Å². The molecule has 0 saturated heterocycles. The van der Waals surface area contributed by atoms with Gasteiger partial charge in [-0.3, -0.25) is 4.79 Å². The number of carbonyl (C=O) groups is 1. The Kier molecular flexibility index (Phi) is 8.09. The third-order valence-electron chi connectivity index (χ3n) is 3.32. The molecule has 0 saturated carbocycles. The Bertz CT molecular complexity index is 649. The lowest BCUT2D eigenvalue weighted by Gasteiger charge is -2.15. The Labute approximate surface area is 148 Å². The summed E-state index contributed by atoms with van der Waals surface area (Å²) in [6.07, 6.45) is 0. The van der Waals surface area contributed by atoms with E-state index in [4.69, 9.17) is 15.2 Å². The maximum Gasteiger partial charge on any atom is 0.327 e. The van der Waals surface area contributed by atoms with E-state index in [-0.39, 0.29) is 12.4 Å². The van der Waals surface area contributed by atoms with Crippen molar-refractivity contribution in [1.29, 1.82) is 0 Å². The van der Waals surface area contributed by atoms with Gasteiger partial charge >= 0.3 is 5.97 Å². The fourth-order valence-electron chi connectivity index (χ4n) is 2.10. The standard InChI is InChI=1S/C18H21NO4.ClH/c1-3-22-16-11-14(17(19)18(20)21-2)9-10-15(16)23-12-13-7-5-4-6-8-13;/h4-11,17H,3,12,19H2,1-2H3;1H/t17-;/m1./s1. The van der Waals surface area contributed by atoms with Crippen molar-refractivity contribution in [3.8, 4) is 11.5 Å². The van der Waals surface area contributed by atoms with E-state index in [9.17, 15) is 4.79 Å². The van der Waals surface area contributed by atoms with Gasteiger partial charge in [-0.05, 0) is 30.2 Å². The van der Waals surface area contributed by atoms with Gasteiger partial charge in [-0.1, -0.05) is 36.4 Å². The normalized spacial score (nSPS) is 11.1. The van der Waals surface area contributed by atoms with Gasteiger partial charge in [-0.2, -0.15) is 0 Å². The smallest absolute Gasteiger partial charge is 0.327 e. The van der Waals surface area contributed by atoms with Gasteiger partial charge in [0.15, 0.2) is 11.5 Å². The zero-order chi connectivity index (χ0) is 16.7. The molecule has 0 unspecified atom stereocenters. The van der Waals surface area contributed by atoms with Gasteiger partial charge in [0.05, 0.1) is 13.7 Å². The molecule has 2 rings (SSSR count). The first kappa shape index (κ1) is 19.8. The highest BCUT2D eigenvalue weighted by molar-refractivity contribution is 5.85. The Hall–Kier alpha value is -2.24. The molecule has 5 nitrogen and oxygen atoms in total. The molecule has 0 fully saturated rings. The van der Waals surface area contributed by atoms with Gasteiger partial charge in [0.1, 0.15) is 12.6 Å². The Morgan fingerprint density at radius 3 is 2.42 bits per heavy atom. The fourth-order valence-corrected chi connectivity index (χ4v) is 2.10. The van der Waals surface area contributed by atoms with Crippen LogP contribution in [-0.2, 0) is 16.1 Å². The molecule has 1 atom stereocenters. The van der Waals surface area contributed by atoms with Crippen molar-refractivity contribution in [2.45, 2.75) is 19.6 Å². The van der Waals surface area contributed by atoms with Crippen LogP contribution in [0.3, 0.4) is 0 Å². The summed E-state index contributed by atoms with van der Waals surface area (Å²) in [5.74, 6) is 0.669. The van der Waals surface area contributed by atoms with Gasteiger partial charge in [0, 0.05) is 0 Å². The summed E-state index contributed by atoms with van der Waals surface area (Å²) in [5.41, 5.74) is 7.54. The molecule has 0 heterocycles. The van der Waals surface area contributed by atoms with Gasteiger partial charge in [0.25, 0.3) is 0 Å². The number of methoxy groups -OCH3 is 1. The summed E-state index contributed by atoms with van der Waals surface area (Å²) in [7, 11) is 1.31. The zero-order valence-electron chi connectivity index (χ0n) is 13.7. The summed E-state index contributed by atoms with van der Waals surface area (Å²) >= 11 is 0. The van der Waals surface area contributed by atoms with Crippen LogP contribution in [0.5, 0.6) is 11.5 Å². The van der Waals surface area contributed by atoms with Crippen LogP contribution < -0.4 is 15.2 Å². The molecule has 0 aliphatic carbocycles. The lowest BCUT2D eigenvalue weighted by molar-refractivity contribution is -0.142. The maximum absolute atomic E-state index is 11.6. The van der Waals surface area contributed by atoms with Crippen LogP contribution in [0.2, 0.25) is 0 Å². The number of nitrogens with two attached hydrogens (primary N) is 1. The molecule has 130 valence electrons. The van der Waals surface area contributed by atoms with Crippen LogP contribution >= 0.6 is 12.4 Å². The Morgan fingerprint density at radius 2 is 1.79 bits per heavy atom. The average Bonchev–Trinajstić information content (AvgIpc) is 2.60. The lowest BCUT2D eigenvalue weighted by Crippen LogP contribution is -2.22. The first-order valence-electron chi connectivity index (χ1n) is 7.42. The Balaban J connectivity index is 0.00000288. The molecular weight excluding hydrogens is 330 g/mol. The highest BCUT2D eigenvalue weighted by atomic mass is 35.5. The molecule has 6 heteroatoms. The quantitative estimate of drug-likeness (QED) is 0.775. The second-order valence-corrected chi connectivity index (χ2v) is 4.91. The number of rotatable bonds is 7. The molecule has 0 amide bonds. The fraction of sp³-hybridized carbons (Fsp3) is 0.278. The molecule has 2 aromatic carbocycles. The number of hydrogen-bond donors (Lipinski definition) is 1. The average molecular weight is 352 g/mol. The first-order chi connectivity index (χ1) is 11.2. The lowest BCUT2D eigenvalue weighted by atomic mass is 10.1. The maximum atomic E-state index is 11.6. The predicted molar refractivity (Wildman–Crippen MR) is 94.6 cm³/mol. The van der Waals surface area contributed by atoms with Gasteiger partial charge in [-0.25, -0.2) is 0 Å². The molecule has 0 aliphatic heterocycles. The van der Waals surface area contributed by atoms with E-state index in [1.165, 1.54) is 7.11 Å². The highest BCUT2D eigenvalue weighted by Gasteiger charge is 2.18. The third kappa shape index (κ3) is 5.15. The number of benzene rings is 2. The Morgan fingerprint density at radius 1 is 1.08 bits per heavy atom. The number of hydrogen-bond acceptors (Lipinski definition) is 5. The van der Waals surface area contributed by atoms with Crippen molar-refractivity contribution in [2.75, 3.05) is 13.7 Å². The summed E-state index contributed by atoms with van der Waals surface area (Å²) in [5, 5.41) is 0. The van der Waals surface area contributed by atoms with Crippen molar-refractivity contribution in [1.82, 2.24) is 0 Å². The molecule has 0 aliphatic rings. The van der Waals surface area contributed by atoms with Gasteiger partial charge in [0.2, 0.25) is 0 Å². The first-order valence-corrected chi connectivity index (χ1v) is 7.42. The van der Waals surface area contributed by atoms with Crippen molar-refractivity contribution >= 4 is 18.4 Å². The van der Waals surface area contributed by atoms with Crippen LogP contribution in [0.4, 0.5) is 0 Å². The van der Waals surface area contributed by atoms with Crippen LogP contribution in [0.1, 0.15) is 24.1 Å². The second kappa shape index (κ2) is 9.80. The van der Waals surface area contributed by atoms with Gasteiger partial charge < -0.3 is 19.9 Å². The molecule has 2 N–H and O–H groups in total. The van der Waals surface area contributed by atoms with E-state index < -0.39 is 12.0 Å². The summed E-state index contributed by atoms with van der Waals surface area (Å²) in [6, 6.07) is 14.2. The summed E-state index contributed by atoms with van der Waals surface area (Å²) < 4.78 is 16.1. The molecule has 24 heavy (non-hydrogen) atoms. The van der Waals surface area contributed by atoms with Crippen molar-refractivity contribution in [2.24, 2.45) is 5.73 Å². The minimum atomic E-state index is -0.845. The highest BCUT2D eigenvalue weighted by Crippen LogP contribution is 2.31. The van der Waals surface area contributed by atoms with E-state index in [2.05, 4.69) is 4.74 Å². The number of esters is 1. The van der Waals surface area contributed by atoms with Crippen LogP contribution in [-0.4, -0.2) is 19.7 Å². The SMILES string of the molecule is CCOc1cc([C@@H](N)C(=O)OC)ccc1OCc1ccccc1.Cl. The van der Waals surface area contributed by atoms with Crippen LogP contribution in [0.15, 0.2) is 48.5 Å². The molecule has 0 aromatic heterocycles.